The number of hydrogen-bond donors (Lipinski definition) is 0. The first-order valence-corrected chi connectivity index (χ1v) is 9.28. The van der Waals surface area contributed by atoms with E-state index in [-0.39, 0.29) is 11.8 Å². The van der Waals surface area contributed by atoms with E-state index in [2.05, 4.69) is 34.1 Å². The van der Waals surface area contributed by atoms with Gasteiger partial charge in [-0.15, -0.1) is 0 Å². The third-order valence-corrected chi connectivity index (χ3v) is 5.26. The Labute approximate surface area is 159 Å². The highest BCUT2D eigenvalue weighted by Crippen LogP contribution is 2.31. The predicted molar refractivity (Wildman–Crippen MR) is 104 cm³/mol. The SMILES string of the molecule is CN1C(=O)C(c2ccccc2)=C(N2CCN(Cc3ccccc3)CC2)C1=O. The average molecular weight is 361 g/mol. The van der Waals surface area contributed by atoms with E-state index in [4.69, 9.17) is 0 Å². The van der Waals surface area contributed by atoms with E-state index in [1.54, 1.807) is 7.05 Å². The fraction of sp³-hybridized carbons (Fsp3) is 0.273. The Bertz CT molecular complexity index is 869. The molecule has 138 valence electrons. The Kier molecular flexibility index (Phi) is 4.77. The lowest BCUT2D eigenvalue weighted by molar-refractivity contribution is -0.136. The van der Waals surface area contributed by atoms with E-state index < -0.39 is 0 Å². The summed E-state index contributed by atoms with van der Waals surface area (Å²) in [4.78, 5) is 31.1. The molecule has 1 fully saturated rings. The molecule has 0 atom stereocenters. The van der Waals surface area contributed by atoms with Crippen LogP contribution < -0.4 is 0 Å². The predicted octanol–water partition coefficient (Wildman–Crippen LogP) is 2.21. The summed E-state index contributed by atoms with van der Waals surface area (Å²) in [6, 6.07) is 19.9. The van der Waals surface area contributed by atoms with E-state index in [1.807, 2.05) is 36.4 Å². The number of piperazine rings is 1. The molecule has 5 nitrogen and oxygen atoms in total. The summed E-state index contributed by atoms with van der Waals surface area (Å²) < 4.78 is 0. The Balaban J connectivity index is 1.54. The van der Waals surface area contributed by atoms with E-state index in [0.717, 1.165) is 38.3 Å². The summed E-state index contributed by atoms with van der Waals surface area (Å²) >= 11 is 0. The summed E-state index contributed by atoms with van der Waals surface area (Å²) in [7, 11) is 1.56. The number of imide groups is 1. The molecule has 5 heteroatoms. The molecule has 4 rings (SSSR count). The zero-order valence-electron chi connectivity index (χ0n) is 15.5. The Morgan fingerprint density at radius 3 is 2.00 bits per heavy atom. The molecule has 0 saturated carbocycles. The maximum Gasteiger partial charge on any atom is 0.277 e. The largest absolute Gasteiger partial charge is 0.364 e. The molecule has 2 heterocycles. The van der Waals surface area contributed by atoms with E-state index in [9.17, 15) is 9.59 Å². The third kappa shape index (κ3) is 3.38. The lowest BCUT2D eigenvalue weighted by atomic mass is 10.0. The first-order valence-electron chi connectivity index (χ1n) is 9.28. The fourth-order valence-corrected chi connectivity index (χ4v) is 3.76. The molecule has 2 aliphatic rings. The Morgan fingerprint density at radius 2 is 1.37 bits per heavy atom. The van der Waals surface area contributed by atoms with E-state index >= 15 is 0 Å². The van der Waals surface area contributed by atoms with Gasteiger partial charge in [0, 0.05) is 39.8 Å². The number of likely N-dealkylation sites (N-methyl/N-ethyl adjacent to an activating group) is 1. The van der Waals surface area contributed by atoms with Crippen LogP contribution in [0.5, 0.6) is 0 Å². The molecule has 0 spiro atoms. The highest BCUT2D eigenvalue weighted by atomic mass is 16.2. The minimum Gasteiger partial charge on any atom is -0.364 e. The van der Waals surface area contributed by atoms with Gasteiger partial charge in [-0.05, 0) is 11.1 Å². The molecule has 27 heavy (non-hydrogen) atoms. The van der Waals surface area contributed by atoms with E-state index in [0.29, 0.717) is 11.3 Å². The zero-order chi connectivity index (χ0) is 18.8. The molecule has 0 N–H and O–H groups in total. The van der Waals surface area contributed by atoms with Gasteiger partial charge in [0.2, 0.25) is 0 Å². The van der Waals surface area contributed by atoms with Crippen LogP contribution in [-0.4, -0.2) is 59.7 Å². The summed E-state index contributed by atoms with van der Waals surface area (Å²) in [5.41, 5.74) is 3.18. The first kappa shape index (κ1) is 17.5. The molecule has 0 aromatic heterocycles. The minimum atomic E-state index is -0.215. The molecule has 0 aliphatic carbocycles. The third-order valence-electron chi connectivity index (χ3n) is 5.26. The second-order valence-electron chi connectivity index (χ2n) is 7.01. The van der Waals surface area contributed by atoms with Gasteiger partial charge in [-0.3, -0.25) is 19.4 Å². The number of carbonyl (C=O) groups excluding carboxylic acids is 2. The van der Waals surface area contributed by atoms with Crippen LogP contribution in [0.3, 0.4) is 0 Å². The normalized spacial score (nSPS) is 18.6. The maximum absolute atomic E-state index is 12.8. The van der Waals surface area contributed by atoms with Gasteiger partial charge in [-0.1, -0.05) is 60.7 Å². The highest BCUT2D eigenvalue weighted by Gasteiger charge is 2.40. The smallest absolute Gasteiger partial charge is 0.277 e. The topological polar surface area (TPSA) is 43.9 Å². The van der Waals surface area contributed by atoms with Crippen LogP contribution in [-0.2, 0) is 16.1 Å². The fourth-order valence-electron chi connectivity index (χ4n) is 3.76. The molecule has 0 unspecified atom stereocenters. The first-order chi connectivity index (χ1) is 13.1. The van der Waals surface area contributed by atoms with Crippen molar-refractivity contribution >= 4 is 17.4 Å². The van der Waals surface area contributed by atoms with Gasteiger partial charge in [-0.25, -0.2) is 0 Å². The van der Waals surface area contributed by atoms with Crippen LogP contribution in [0.25, 0.3) is 5.57 Å². The molecular formula is C22H23N3O2. The van der Waals surface area contributed by atoms with Crippen molar-refractivity contribution in [3.63, 3.8) is 0 Å². The van der Waals surface area contributed by atoms with Crippen LogP contribution >= 0.6 is 0 Å². The van der Waals surface area contributed by atoms with Crippen molar-refractivity contribution in [2.24, 2.45) is 0 Å². The number of nitrogens with zero attached hydrogens (tertiary/aromatic N) is 3. The standard InChI is InChI=1S/C22H23N3O2/c1-23-21(26)19(18-10-6-3-7-11-18)20(22(23)27)25-14-12-24(13-15-25)16-17-8-4-2-5-9-17/h2-11H,12-16H2,1H3. The molecule has 2 aromatic carbocycles. The Morgan fingerprint density at radius 1 is 0.778 bits per heavy atom. The lowest BCUT2D eigenvalue weighted by Crippen LogP contribution is -2.46. The van der Waals surface area contributed by atoms with Crippen LogP contribution in [0.1, 0.15) is 11.1 Å². The summed E-state index contributed by atoms with van der Waals surface area (Å²) in [6.07, 6.45) is 0. The van der Waals surface area contributed by atoms with Crippen molar-refractivity contribution in [2.75, 3.05) is 33.2 Å². The molecule has 0 radical (unpaired) electrons. The van der Waals surface area contributed by atoms with Crippen molar-refractivity contribution in [1.82, 2.24) is 14.7 Å². The van der Waals surface area contributed by atoms with Crippen LogP contribution in [0.4, 0.5) is 0 Å². The van der Waals surface area contributed by atoms with Crippen molar-refractivity contribution in [1.29, 1.82) is 0 Å². The number of rotatable bonds is 4. The Hall–Kier alpha value is -2.92. The van der Waals surface area contributed by atoms with Crippen molar-refractivity contribution in [3.05, 3.63) is 77.5 Å². The van der Waals surface area contributed by atoms with Crippen LogP contribution in [0, 0.1) is 0 Å². The molecule has 1 saturated heterocycles. The van der Waals surface area contributed by atoms with Gasteiger partial charge in [0.05, 0.1) is 5.57 Å². The monoisotopic (exact) mass is 361 g/mol. The van der Waals surface area contributed by atoms with Gasteiger partial charge in [0.25, 0.3) is 11.8 Å². The van der Waals surface area contributed by atoms with Crippen molar-refractivity contribution < 1.29 is 9.59 Å². The van der Waals surface area contributed by atoms with Gasteiger partial charge in [0.1, 0.15) is 5.70 Å². The molecule has 0 bridgehead atoms. The molecule has 2 aromatic rings. The number of benzene rings is 2. The number of amides is 2. The average Bonchev–Trinajstić information content (AvgIpc) is 2.94. The maximum atomic E-state index is 12.8. The zero-order valence-corrected chi connectivity index (χ0v) is 15.5. The minimum absolute atomic E-state index is 0.199. The lowest BCUT2D eigenvalue weighted by Gasteiger charge is -2.36. The van der Waals surface area contributed by atoms with Gasteiger partial charge >= 0.3 is 0 Å². The second-order valence-corrected chi connectivity index (χ2v) is 7.01. The van der Waals surface area contributed by atoms with Crippen molar-refractivity contribution in [3.8, 4) is 0 Å². The summed E-state index contributed by atoms with van der Waals surface area (Å²) in [5.74, 6) is -0.414. The molecule has 2 aliphatic heterocycles. The molecule has 2 amide bonds. The number of hydrogen-bond acceptors (Lipinski definition) is 4. The number of carbonyl (C=O) groups is 2. The van der Waals surface area contributed by atoms with Crippen LogP contribution in [0.2, 0.25) is 0 Å². The summed E-state index contributed by atoms with van der Waals surface area (Å²) in [5, 5.41) is 0. The summed E-state index contributed by atoms with van der Waals surface area (Å²) in [6.45, 7) is 4.13. The van der Waals surface area contributed by atoms with Gasteiger partial charge < -0.3 is 4.90 Å². The quantitative estimate of drug-likeness (QED) is 0.784. The highest BCUT2D eigenvalue weighted by molar-refractivity contribution is 6.35. The van der Waals surface area contributed by atoms with Crippen molar-refractivity contribution in [2.45, 2.75) is 6.54 Å². The van der Waals surface area contributed by atoms with Gasteiger partial charge in [0.15, 0.2) is 0 Å². The van der Waals surface area contributed by atoms with E-state index in [1.165, 1.54) is 10.5 Å². The second kappa shape index (κ2) is 7.37. The molecular weight excluding hydrogens is 338 g/mol. The van der Waals surface area contributed by atoms with Gasteiger partial charge in [-0.2, -0.15) is 0 Å². The van der Waals surface area contributed by atoms with Crippen LogP contribution in [0.15, 0.2) is 66.4 Å².